The van der Waals surface area contributed by atoms with Crippen molar-refractivity contribution in [3.8, 4) is 0 Å². The quantitative estimate of drug-likeness (QED) is 0.650. The van der Waals surface area contributed by atoms with E-state index in [1.807, 2.05) is 24.8 Å². The van der Waals surface area contributed by atoms with Gasteiger partial charge in [0.1, 0.15) is 0 Å². The van der Waals surface area contributed by atoms with E-state index in [4.69, 9.17) is 0 Å². The highest BCUT2D eigenvalue weighted by Gasteiger charge is 2.11. The number of carbonyl (C=O) groups excluding carboxylic acids is 1. The molecule has 4 nitrogen and oxygen atoms in total. The van der Waals surface area contributed by atoms with Crippen molar-refractivity contribution >= 4 is 23.4 Å². The van der Waals surface area contributed by atoms with Gasteiger partial charge in [-0.15, -0.1) is 0 Å². The Morgan fingerprint density at radius 1 is 1.29 bits per heavy atom. The van der Waals surface area contributed by atoms with Crippen LogP contribution in [0.2, 0.25) is 0 Å². The predicted molar refractivity (Wildman–Crippen MR) is 92.3 cm³/mol. The van der Waals surface area contributed by atoms with Crippen LogP contribution in [0.15, 0.2) is 12.3 Å². The molecule has 1 amide bonds. The summed E-state index contributed by atoms with van der Waals surface area (Å²) >= 11 is 1.87. The van der Waals surface area contributed by atoms with Gasteiger partial charge in [-0.2, -0.15) is 11.8 Å². The molecular weight excluding hydrogens is 282 g/mol. The average molecular weight is 309 g/mol. The zero-order chi connectivity index (χ0) is 15.5. The predicted octanol–water partition coefficient (Wildman–Crippen LogP) is 3.48. The van der Waals surface area contributed by atoms with Crippen molar-refractivity contribution in [3.05, 3.63) is 23.5 Å². The first-order chi connectivity index (χ1) is 10.2. The number of rotatable bonds is 10. The lowest BCUT2D eigenvalue weighted by molar-refractivity contribution is 0.0953. The number of amides is 1. The third-order valence-corrected chi connectivity index (χ3v) is 3.86. The van der Waals surface area contributed by atoms with Crippen molar-refractivity contribution in [1.29, 1.82) is 0 Å². The summed E-state index contributed by atoms with van der Waals surface area (Å²) in [7, 11) is 0. The lowest BCUT2D eigenvalue weighted by Crippen LogP contribution is -2.25. The van der Waals surface area contributed by atoms with E-state index < -0.39 is 0 Å². The first-order valence-electron chi connectivity index (χ1n) is 7.66. The molecule has 1 rings (SSSR count). The molecular formula is C16H27N3OS. The second-order valence-corrected chi connectivity index (χ2v) is 6.09. The third kappa shape index (κ3) is 6.85. The Morgan fingerprint density at radius 3 is 2.81 bits per heavy atom. The van der Waals surface area contributed by atoms with Crippen molar-refractivity contribution in [2.24, 2.45) is 0 Å². The number of carbonyl (C=O) groups is 1. The molecule has 1 aromatic rings. The second-order valence-electron chi connectivity index (χ2n) is 5.11. The van der Waals surface area contributed by atoms with Gasteiger partial charge in [0.2, 0.25) is 0 Å². The molecule has 0 aliphatic carbocycles. The van der Waals surface area contributed by atoms with Crippen LogP contribution in [-0.4, -0.2) is 36.0 Å². The minimum atomic E-state index is -0.0361. The molecule has 0 saturated heterocycles. The van der Waals surface area contributed by atoms with Gasteiger partial charge in [0.05, 0.1) is 11.3 Å². The number of thioether (sulfide) groups is 1. The van der Waals surface area contributed by atoms with Crippen LogP contribution in [0.3, 0.4) is 0 Å². The van der Waals surface area contributed by atoms with E-state index >= 15 is 0 Å². The zero-order valence-corrected chi connectivity index (χ0v) is 14.2. The molecule has 0 unspecified atom stereocenters. The van der Waals surface area contributed by atoms with Gasteiger partial charge < -0.3 is 10.6 Å². The van der Waals surface area contributed by atoms with Crippen molar-refractivity contribution in [2.45, 2.75) is 39.5 Å². The maximum atomic E-state index is 12.2. The van der Waals surface area contributed by atoms with Gasteiger partial charge in [0.15, 0.2) is 0 Å². The fourth-order valence-electron chi connectivity index (χ4n) is 1.99. The summed E-state index contributed by atoms with van der Waals surface area (Å²) < 4.78 is 0. The van der Waals surface area contributed by atoms with Crippen LogP contribution in [-0.2, 0) is 0 Å². The Balaban J connectivity index is 2.48. The Morgan fingerprint density at radius 2 is 2.10 bits per heavy atom. The summed E-state index contributed by atoms with van der Waals surface area (Å²) in [5.41, 5.74) is 2.43. The summed E-state index contributed by atoms with van der Waals surface area (Å²) in [6.07, 6.45) is 8.22. The number of nitrogens with one attached hydrogen (secondary N) is 2. The highest BCUT2D eigenvalue weighted by Crippen LogP contribution is 2.15. The van der Waals surface area contributed by atoms with Crippen LogP contribution in [0, 0.1) is 6.92 Å². The summed E-state index contributed by atoms with van der Waals surface area (Å²) in [6, 6.07) is 1.93. The molecule has 1 heterocycles. The van der Waals surface area contributed by atoms with Crippen molar-refractivity contribution in [1.82, 2.24) is 10.3 Å². The summed E-state index contributed by atoms with van der Waals surface area (Å²) in [4.78, 5) is 16.5. The molecule has 0 aliphatic heterocycles. The van der Waals surface area contributed by atoms with Crippen LogP contribution in [0.5, 0.6) is 0 Å². The highest BCUT2D eigenvalue weighted by atomic mass is 32.2. The Kier molecular flexibility index (Phi) is 8.90. The zero-order valence-electron chi connectivity index (χ0n) is 13.4. The Hall–Kier alpha value is -1.23. The fourth-order valence-corrected chi connectivity index (χ4v) is 2.48. The second kappa shape index (κ2) is 10.5. The number of pyridine rings is 1. The maximum Gasteiger partial charge on any atom is 0.254 e. The van der Waals surface area contributed by atoms with Crippen molar-refractivity contribution in [3.63, 3.8) is 0 Å². The molecule has 21 heavy (non-hydrogen) atoms. The molecule has 2 N–H and O–H groups in total. The number of nitrogens with zero attached hydrogens (tertiary/aromatic N) is 1. The van der Waals surface area contributed by atoms with E-state index in [2.05, 4.69) is 28.8 Å². The Labute approximate surface area is 132 Å². The molecule has 0 spiro atoms. The molecule has 5 heteroatoms. The summed E-state index contributed by atoms with van der Waals surface area (Å²) in [5, 5.41) is 6.29. The monoisotopic (exact) mass is 309 g/mol. The molecule has 0 fully saturated rings. The lowest BCUT2D eigenvalue weighted by Gasteiger charge is -2.12. The van der Waals surface area contributed by atoms with E-state index in [1.54, 1.807) is 6.20 Å². The van der Waals surface area contributed by atoms with Crippen LogP contribution in [0.4, 0.5) is 5.69 Å². The molecule has 0 saturated carbocycles. The molecule has 0 atom stereocenters. The van der Waals surface area contributed by atoms with Gasteiger partial charge in [-0.25, -0.2) is 0 Å². The minimum Gasteiger partial charge on any atom is -0.384 e. The summed E-state index contributed by atoms with van der Waals surface area (Å²) in [6.45, 7) is 5.63. The van der Waals surface area contributed by atoms with E-state index in [-0.39, 0.29) is 5.91 Å². The van der Waals surface area contributed by atoms with Crippen LogP contribution >= 0.6 is 11.8 Å². The first-order valence-corrected chi connectivity index (χ1v) is 9.06. The van der Waals surface area contributed by atoms with E-state index in [1.165, 1.54) is 12.2 Å². The van der Waals surface area contributed by atoms with Crippen LogP contribution in [0.1, 0.15) is 48.7 Å². The molecule has 0 aromatic carbocycles. The number of hydrogen-bond donors (Lipinski definition) is 2. The topological polar surface area (TPSA) is 54.0 Å². The maximum absolute atomic E-state index is 12.2. The van der Waals surface area contributed by atoms with Gasteiger partial charge in [0, 0.05) is 25.0 Å². The van der Waals surface area contributed by atoms with E-state index in [0.29, 0.717) is 5.56 Å². The standard InChI is InChI=1S/C16H27N3OS/c1-4-8-17-15-11-13(2)19-12-14(15)16(20)18-9-6-5-7-10-21-3/h11-12H,4-10H2,1-3H3,(H,17,19)(H,18,20). The van der Waals surface area contributed by atoms with Gasteiger partial charge in [0.25, 0.3) is 5.91 Å². The third-order valence-electron chi connectivity index (χ3n) is 3.16. The van der Waals surface area contributed by atoms with E-state index in [0.717, 1.165) is 43.7 Å². The average Bonchev–Trinajstić information content (AvgIpc) is 2.48. The van der Waals surface area contributed by atoms with E-state index in [9.17, 15) is 4.79 Å². The van der Waals surface area contributed by atoms with Gasteiger partial charge in [-0.3, -0.25) is 9.78 Å². The largest absolute Gasteiger partial charge is 0.384 e. The summed E-state index contributed by atoms with van der Waals surface area (Å²) in [5.74, 6) is 1.16. The molecule has 0 radical (unpaired) electrons. The molecule has 118 valence electrons. The molecule has 0 aliphatic rings. The smallest absolute Gasteiger partial charge is 0.254 e. The lowest BCUT2D eigenvalue weighted by atomic mass is 10.2. The Bertz CT molecular complexity index is 438. The minimum absolute atomic E-state index is 0.0361. The number of unbranched alkanes of at least 4 members (excludes halogenated alkanes) is 2. The molecule has 0 bridgehead atoms. The van der Waals surface area contributed by atoms with Gasteiger partial charge in [-0.05, 0) is 44.3 Å². The fraction of sp³-hybridized carbons (Fsp3) is 0.625. The number of anilines is 1. The molecule has 1 aromatic heterocycles. The van der Waals surface area contributed by atoms with Gasteiger partial charge >= 0.3 is 0 Å². The van der Waals surface area contributed by atoms with Crippen LogP contribution in [0.25, 0.3) is 0 Å². The normalized spacial score (nSPS) is 10.4. The number of hydrogen-bond acceptors (Lipinski definition) is 4. The highest BCUT2D eigenvalue weighted by molar-refractivity contribution is 7.98. The SMILES string of the molecule is CCCNc1cc(C)ncc1C(=O)NCCCCCSC. The first kappa shape index (κ1) is 17.8. The number of aryl methyl sites for hydroxylation is 1. The van der Waals surface area contributed by atoms with Gasteiger partial charge in [-0.1, -0.05) is 13.3 Å². The van der Waals surface area contributed by atoms with Crippen molar-refractivity contribution in [2.75, 3.05) is 30.4 Å². The number of aromatic nitrogens is 1. The van der Waals surface area contributed by atoms with Crippen LogP contribution < -0.4 is 10.6 Å². The van der Waals surface area contributed by atoms with Crippen molar-refractivity contribution < 1.29 is 4.79 Å².